The molecule has 3 atom stereocenters. The van der Waals surface area contributed by atoms with Crippen LogP contribution in [0.5, 0.6) is 0 Å². The third-order valence-electron chi connectivity index (χ3n) is 7.34. The normalized spacial score (nSPS) is 22.3. The highest BCUT2D eigenvalue weighted by Gasteiger charge is 2.45. The van der Waals surface area contributed by atoms with Crippen molar-refractivity contribution in [2.24, 2.45) is 0 Å². The zero-order valence-electron chi connectivity index (χ0n) is 22.1. The number of ether oxygens (including phenoxy) is 2. The Bertz CT molecular complexity index is 1160. The number of benzene rings is 1. The summed E-state index contributed by atoms with van der Waals surface area (Å²) >= 11 is 0. The predicted molar refractivity (Wildman–Crippen MR) is 138 cm³/mol. The maximum Gasteiger partial charge on any atom is 0.411 e. The first-order valence-corrected chi connectivity index (χ1v) is 13.0. The zero-order valence-corrected chi connectivity index (χ0v) is 22.1. The second kappa shape index (κ2) is 10.5. The number of aryl methyl sites for hydroxylation is 2. The number of carbonyl (C=O) groups excluding carboxylic acids is 2. The highest BCUT2D eigenvalue weighted by molar-refractivity contribution is 5.87. The molecule has 2 fully saturated rings. The highest BCUT2D eigenvalue weighted by atomic mass is 16.6. The second-order valence-corrected chi connectivity index (χ2v) is 10.9. The molecule has 0 saturated carbocycles. The Hall–Kier alpha value is -3.05. The maximum absolute atomic E-state index is 13.7. The van der Waals surface area contributed by atoms with Crippen LogP contribution in [0, 0.1) is 11.3 Å². The SMILES string of the molecule is CCn1c(CC[C@@H]2CCCN2C(=O)[C@H]2C[C@@H](OC)CN2C(=O)OC(C)(C)C)cc2ccc(C#N)cc21. The van der Waals surface area contributed by atoms with E-state index in [-0.39, 0.29) is 18.1 Å². The molecule has 194 valence electrons. The third kappa shape index (κ3) is 5.36. The monoisotopic (exact) mass is 494 g/mol. The Morgan fingerprint density at radius 2 is 1.97 bits per heavy atom. The number of methoxy groups -OCH3 is 1. The zero-order chi connectivity index (χ0) is 26.0. The van der Waals surface area contributed by atoms with Gasteiger partial charge in [-0.05, 0) is 77.0 Å². The van der Waals surface area contributed by atoms with Crippen LogP contribution in [0.2, 0.25) is 0 Å². The van der Waals surface area contributed by atoms with Crippen molar-refractivity contribution in [1.82, 2.24) is 14.4 Å². The molecule has 2 aliphatic heterocycles. The molecule has 0 aliphatic carbocycles. The molecule has 3 heterocycles. The Kier molecular flexibility index (Phi) is 7.60. The fraction of sp³-hybridized carbons (Fsp3) is 0.607. The molecule has 0 N–H and O–H groups in total. The molecule has 0 spiro atoms. The number of likely N-dealkylation sites (tertiary alicyclic amines) is 2. The number of hydrogen-bond donors (Lipinski definition) is 0. The minimum Gasteiger partial charge on any atom is -0.444 e. The van der Waals surface area contributed by atoms with Crippen LogP contribution in [0.3, 0.4) is 0 Å². The average Bonchev–Trinajstić information content (AvgIpc) is 3.56. The first kappa shape index (κ1) is 26.0. The van der Waals surface area contributed by atoms with Gasteiger partial charge in [-0.25, -0.2) is 4.79 Å². The van der Waals surface area contributed by atoms with Crippen LogP contribution in [0.4, 0.5) is 4.79 Å². The molecule has 0 bridgehead atoms. The molecule has 1 aromatic heterocycles. The number of nitrogens with zero attached hydrogens (tertiary/aromatic N) is 4. The lowest BCUT2D eigenvalue weighted by molar-refractivity contribution is -0.137. The minimum atomic E-state index is -0.627. The number of rotatable bonds is 6. The van der Waals surface area contributed by atoms with Gasteiger partial charge < -0.3 is 18.9 Å². The van der Waals surface area contributed by atoms with Gasteiger partial charge in [0.05, 0.1) is 24.3 Å². The van der Waals surface area contributed by atoms with E-state index in [2.05, 4.69) is 23.6 Å². The summed E-state index contributed by atoms with van der Waals surface area (Å²) in [5.41, 5.74) is 2.33. The summed E-state index contributed by atoms with van der Waals surface area (Å²) in [5.74, 6) is -0.00222. The lowest BCUT2D eigenvalue weighted by Gasteiger charge is -2.32. The molecule has 2 aromatic rings. The smallest absolute Gasteiger partial charge is 0.411 e. The summed E-state index contributed by atoms with van der Waals surface area (Å²) in [7, 11) is 1.62. The number of hydrogen-bond acceptors (Lipinski definition) is 5. The van der Waals surface area contributed by atoms with Crippen LogP contribution in [0.25, 0.3) is 10.9 Å². The first-order chi connectivity index (χ1) is 17.1. The highest BCUT2D eigenvalue weighted by Crippen LogP contribution is 2.30. The molecule has 2 aliphatic rings. The van der Waals surface area contributed by atoms with Gasteiger partial charge in [-0.2, -0.15) is 5.26 Å². The van der Waals surface area contributed by atoms with E-state index in [4.69, 9.17) is 9.47 Å². The van der Waals surface area contributed by atoms with E-state index in [0.717, 1.165) is 43.1 Å². The molecule has 2 saturated heterocycles. The van der Waals surface area contributed by atoms with Crippen molar-refractivity contribution in [2.45, 2.75) is 90.1 Å². The van der Waals surface area contributed by atoms with Crippen LogP contribution in [-0.2, 0) is 27.2 Å². The molecule has 8 heteroatoms. The van der Waals surface area contributed by atoms with Crippen LogP contribution in [-0.4, -0.2) is 70.4 Å². The standard InChI is InChI=1S/C28H38N4O4/c1-6-30-22(15-20-10-9-19(17-29)14-24(20)30)12-11-21-8-7-13-31(21)26(33)25-16-23(35-5)18-32(25)27(34)36-28(2,3)4/h9-10,14-15,21,23,25H,6-8,11-13,16,18H2,1-5H3/t21-,23+,25+/m0/s1. The van der Waals surface area contributed by atoms with Gasteiger partial charge in [0.2, 0.25) is 5.91 Å². The summed E-state index contributed by atoms with van der Waals surface area (Å²) in [6.07, 6.45) is 3.49. The van der Waals surface area contributed by atoms with Gasteiger partial charge in [-0.15, -0.1) is 0 Å². The van der Waals surface area contributed by atoms with Gasteiger partial charge in [0, 0.05) is 43.9 Å². The van der Waals surface area contributed by atoms with Crippen LogP contribution in [0.1, 0.15) is 64.6 Å². The Labute approximate surface area is 213 Å². The van der Waals surface area contributed by atoms with Crippen molar-refractivity contribution in [3.8, 4) is 6.07 Å². The summed E-state index contributed by atoms with van der Waals surface area (Å²) in [6.45, 7) is 9.51. The summed E-state index contributed by atoms with van der Waals surface area (Å²) in [4.78, 5) is 30.2. The molecular formula is C28H38N4O4. The molecule has 36 heavy (non-hydrogen) atoms. The first-order valence-electron chi connectivity index (χ1n) is 13.0. The van der Waals surface area contributed by atoms with Crippen molar-refractivity contribution in [3.05, 3.63) is 35.5 Å². The molecule has 4 rings (SSSR count). The fourth-order valence-corrected chi connectivity index (χ4v) is 5.62. The third-order valence-corrected chi connectivity index (χ3v) is 7.34. The average molecular weight is 495 g/mol. The minimum absolute atomic E-state index is 0.00222. The van der Waals surface area contributed by atoms with Gasteiger partial charge in [0.15, 0.2) is 0 Å². The second-order valence-electron chi connectivity index (χ2n) is 10.9. The van der Waals surface area contributed by atoms with Crippen molar-refractivity contribution >= 4 is 22.9 Å². The van der Waals surface area contributed by atoms with Crippen LogP contribution < -0.4 is 0 Å². The molecule has 0 unspecified atom stereocenters. The number of carbonyl (C=O) groups is 2. The molecule has 0 radical (unpaired) electrons. The van der Waals surface area contributed by atoms with Crippen molar-refractivity contribution < 1.29 is 19.1 Å². The van der Waals surface area contributed by atoms with E-state index < -0.39 is 17.7 Å². The van der Waals surface area contributed by atoms with Crippen LogP contribution in [0.15, 0.2) is 24.3 Å². The van der Waals surface area contributed by atoms with Crippen molar-refractivity contribution in [2.75, 3.05) is 20.2 Å². The lowest BCUT2D eigenvalue weighted by Crippen LogP contribution is -2.50. The quantitative estimate of drug-likeness (QED) is 0.591. The lowest BCUT2D eigenvalue weighted by atomic mass is 10.1. The molecular weight excluding hydrogens is 456 g/mol. The van der Waals surface area contributed by atoms with E-state index in [1.165, 1.54) is 5.69 Å². The predicted octanol–water partition coefficient (Wildman–Crippen LogP) is 4.48. The number of nitriles is 1. The van der Waals surface area contributed by atoms with Crippen molar-refractivity contribution in [1.29, 1.82) is 5.26 Å². The van der Waals surface area contributed by atoms with Crippen molar-refractivity contribution in [3.63, 3.8) is 0 Å². The van der Waals surface area contributed by atoms with E-state index in [1.807, 2.05) is 43.9 Å². The molecule has 2 amide bonds. The van der Waals surface area contributed by atoms with Gasteiger partial charge >= 0.3 is 6.09 Å². The summed E-state index contributed by atoms with van der Waals surface area (Å²) < 4.78 is 13.4. The molecule has 8 nitrogen and oxygen atoms in total. The summed E-state index contributed by atoms with van der Waals surface area (Å²) in [5, 5.41) is 10.4. The number of fused-ring (bicyclic) bond motifs is 1. The Morgan fingerprint density at radius 3 is 2.64 bits per heavy atom. The van der Waals surface area contributed by atoms with Gasteiger partial charge in [0.1, 0.15) is 11.6 Å². The van der Waals surface area contributed by atoms with E-state index in [9.17, 15) is 14.9 Å². The fourth-order valence-electron chi connectivity index (χ4n) is 5.62. The van der Waals surface area contributed by atoms with E-state index in [1.54, 1.807) is 12.0 Å². The summed E-state index contributed by atoms with van der Waals surface area (Å²) in [6, 6.07) is 9.82. The number of amides is 2. The van der Waals surface area contributed by atoms with E-state index in [0.29, 0.717) is 25.1 Å². The molecule has 1 aromatic carbocycles. The maximum atomic E-state index is 13.7. The Morgan fingerprint density at radius 1 is 1.19 bits per heavy atom. The van der Waals surface area contributed by atoms with E-state index >= 15 is 0 Å². The number of aromatic nitrogens is 1. The largest absolute Gasteiger partial charge is 0.444 e. The van der Waals surface area contributed by atoms with Crippen LogP contribution >= 0.6 is 0 Å². The topological polar surface area (TPSA) is 87.8 Å². The van der Waals surface area contributed by atoms with Gasteiger partial charge in [-0.1, -0.05) is 6.07 Å². The Balaban J connectivity index is 1.48. The van der Waals surface area contributed by atoms with Gasteiger partial charge in [-0.3, -0.25) is 9.69 Å². The van der Waals surface area contributed by atoms with Gasteiger partial charge in [0.25, 0.3) is 0 Å².